The molecule has 78 valence electrons. The van der Waals surface area contributed by atoms with E-state index in [0.29, 0.717) is 0 Å². The van der Waals surface area contributed by atoms with E-state index in [4.69, 9.17) is 0 Å². The highest BCUT2D eigenvalue weighted by molar-refractivity contribution is 9.10. The van der Waals surface area contributed by atoms with Crippen molar-refractivity contribution in [1.29, 1.82) is 0 Å². The number of nitrogens with zero attached hydrogens (tertiary/aromatic N) is 1. The maximum atomic E-state index is 4.66. The number of benzene rings is 2. The van der Waals surface area contributed by atoms with Gasteiger partial charge in [0.05, 0.1) is 5.52 Å². The lowest BCUT2D eigenvalue weighted by Gasteiger charge is -2.07. The van der Waals surface area contributed by atoms with Crippen molar-refractivity contribution in [2.45, 2.75) is 6.92 Å². The van der Waals surface area contributed by atoms with Crippen LogP contribution in [0.2, 0.25) is 0 Å². The molecular formula is C14H10BrN. The molecule has 0 aliphatic carbocycles. The van der Waals surface area contributed by atoms with E-state index in [2.05, 4.69) is 64.2 Å². The molecule has 0 saturated heterocycles. The molecule has 3 rings (SSSR count). The van der Waals surface area contributed by atoms with Crippen LogP contribution in [0.25, 0.3) is 21.7 Å². The minimum Gasteiger partial charge on any atom is -0.251 e. The number of aromatic nitrogens is 1. The Morgan fingerprint density at radius 2 is 1.56 bits per heavy atom. The van der Waals surface area contributed by atoms with E-state index >= 15 is 0 Å². The summed E-state index contributed by atoms with van der Waals surface area (Å²) in [6.45, 7) is 2.06. The Balaban J connectivity index is 2.64. The molecule has 16 heavy (non-hydrogen) atoms. The maximum absolute atomic E-state index is 4.66. The van der Waals surface area contributed by atoms with Crippen LogP contribution in [-0.4, -0.2) is 4.98 Å². The zero-order valence-corrected chi connectivity index (χ0v) is 10.5. The second-order valence-corrected chi connectivity index (χ2v) is 4.73. The Hall–Kier alpha value is -1.41. The number of hydrogen-bond donors (Lipinski definition) is 0. The van der Waals surface area contributed by atoms with Crippen LogP contribution in [0.5, 0.6) is 0 Å². The monoisotopic (exact) mass is 271 g/mol. The van der Waals surface area contributed by atoms with Gasteiger partial charge in [-0.25, -0.2) is 0 Å². The molecule has 0 saturated carbocycles. The molecule has 1 nitrogen and oxygen atoms in total. The van der Waals surface area contributed by atoms with Gasteiger partial charge >= 0.3 is 0 Å². The Labute approximate surface area is 102 Å². The first-order chi connectivity index (χ1) is 7.77. The highest BCUT2D eigenvalue weighted by atomic mass is 79.9. The summed E-state index contributed by atoms with van der Waals surface area (Å²) in [5, 5.41) is 3.70. The van der Waals surface area contributed by atoms with Crippen molar-refractivity contribution < 1.29 is 0 Å². The minimum absolute atomic E-state index is 1.04. The van der Waals surface area contributed by atoms with Gasteiger partial charge in [-0.05, 0) is 34.3 Å². The summed E-state index contributed by atoms with van der Waals surface area (Å²) in [7, 11) is 0. The van der Waals surface area contributed by atoms with Gasteiger partial charge < -0.3 is 0 Å². The van der Waals surface area contributed by atoms with Crippen LogP contribution < -0.4 is 0 Å². The molecule has 0 atom stereocenters. The number of hydrogen-bond acceptors (Lipinski definition) is 1. The number of aryl methyl sites for hydroxylation is 1. The standard InChI is InChI=1S/C14H10BrN/c1-9-10-5-2-3-6-11(10)12-7-4-8-13(15)14(12)16-9/h2-8H,1H3. The average molecular weight is 272 g/mol. The molecule has 1 aromatic heterocycles. The van der Waals surface area contributed by atoms with E-state index in [1.807, 2.05) is 6.07 Å². The van der Waals surface area contributed by atoms with Crippen LogP contribution in [0.4, 0.5) is 0 Å². The molecule has 0 unspecified atom stereocenters. The molecule has 2 heteroatoms. The summed E-state index contributed by atoms with van der Waals surface area (Å²) in [4.78, 5) is 4.66. The summed E-state index contributed by atoms with van der Waals surface area (Å²) < 4.78 is 1.05. The van der Waals surface area contributed by atoms with E-state index in [0.717, 1.165) is 15.7 Å². The highest BCUT2D eigenvalue weighted by Crippen LogP contribution is 2.29. The van der Waals surface area contributed by atoms with Crippen LogP contribution in [0, 0.1) is 6.92 Å². The predicted molar refractivity (Wildman–Crippen MR) is 71.7 cm³/mol. The third-order valence-corrected chi connectivity index (χ3v) is 3.51. The van der Waals surface area contributed by atoms with E-state index in [1.54, 1.807) is 0 Å². The molecule has 0 aliphatic rings. The van der Waals surface area contributed by atoms with Gasteiger partial charge in [0.2, 0.25) is 0 Å². The molecule has 1 heterocycles. The molecule has 0 spiro atoms. The summed E-state index contributed by atoms with van der Waals surface area (Å²) in [5.74, 6) is 0. The molecule has 0 fully saturated rings. The van der Waals surface area contributed by atoms with Gasteiger partial charge in [0.1, 0.15) is 0 Å². The van der Waals surface area contributed by atoms with Gasteiger partial charge in [0.15, 0.2) is 0 Å². The lowest BCUT2D eigenvalue weighted by atomic mass is 10.0. The van der Waals surface area contributed by atoms with E-state index < -0.39 is 0 Å². The SMILES string of the molecule is Cc1nc2c(Br)cccc2c2ccccc12. The second-order valence-electron chi connectivity index (χ2n) is 3.88. The van der Waals surface area contributed by atoms with Crippen LogP contribution in [0.1, 0.15) is 5.69 Å². The zero-order chi connectivity index (χ0) is 11.1. The van der Waals surface area contributed by atoms with Crippen LogP contribution >= 0.6 is 15.9 Å². The first kappa shape index (κ1) is 9.79. The van der Waals surface area contributed by atoms with E-state index in [-0.39, 0.29) is 0 Å². The first-order valence-corrected chi connectivity index (χ1v) is 6.00. The largest absolute Gasteiger partial charge is 0.251 e. The van der Waals surface area contributed by atoms with Crippen molar-refractivity contribution in [2.75, 3.05) is 0 Å². The van der Waals surface area contributed by atoms with Crippen molar-refractivity contribution in [1.82, 2.24) is 4.98 Å². The number of para-hydroxylation sites is 1. The van der Waals surface area contributed by atoms with Crippen molar-refractivity contribution in [3.63, 3.8) is 0 Å². The first-order valence-electron chi connectivity index (χ1n) is 5.21. The average Bonchev–Trinajstić information content (AvgIpc) is 2.31. The van der Waals surface area contributed by atoms with Crippen molar-refractivity contribution in [2.24, 2.45) is 0 Å². The van der Waals surface area contributed by atoms with Crippen LogP contribution in [0.3, 0.4) is 0 Å². The lowest BCUT2D eigenvalue weighted by molar-refractivity contribution is 1.28. The number of pyridine rings is 1. The summed E-state index contributed by atoms with van der Waals surface area (Å²) >= 11 is 3.55. The Morgan fingerprint density at radius 1 is 0.875 bits per heavy atom. The number of fused-ring (bicyclic) bond motifs is 3. The molecule has 0 N–H and O–H groups in total. The van der Waals surface area contributed by atoms with E-state index in [9.17, 15) is 0 Å². The zero-order valence-electron chi connectivity index (χ0n) is 8.87. The van der Waals surface area contributed by atoms with Crippen molar-refractivity contribution in [3.05, 3.63) is 52.6 Å². The summed E-state index contributed by atoms with van der Waals surface area (Å²) in [6, 6.07) is 14.6. The Morgan fingerprint density at radius 3 is 2.38 bits per heavy atom. The van der Waals surface area contributed by atoms with E-state index in [1.165, 1.54) is 16.2 Å². The van der Waals surface area contributed by atoms with Crippen molar-refractivity contribution >= 4 is 37.6 Å². The van der Waals surface area contributed by atoms with Gasteiger partial charge in [0, 0.05) is 20.9 Å². The fourth-order valence-electron chi connectivity index (χ4n) is 2.11. The third-order valence-electron chi connectivity index (χ3n) is 2.87. The van der Waals surface area contributed by atoms with Crippen molar-refractivity contribution in [3.8, 4) is 0 Å². The Bertz CT molecular complexity index is 683. The van der Waals surface area contributed by atoms with Gasteiger partial charge in [-0.15, -0.1) is 0 Å². The number of rotatable bonds is 0. The predicted octanol–water partition coefficient (Wildman–Crippen LogP) is 4.46. The summed E-state index contributed by atoms with van der Waals surface area (Å²) in [6.07, 6.45) is 0. The fraction of sp³-hybridized carbons (Fsp3) is 0.0714. The van der Waals surface area contributed by atoms with Crippen LogP contribution in [-0.2, 0) is 0 Å². The lowest BCUT2D eigenvalue weighted by Crippen LogP contribution is -1.88. The maximum Gasteiger partial charge on any atom is 0.0853 e. The van der Waals surface area contributed by atoms with Gasteiger partial charge in [-0.3, -0.25) is 4.98 Å². The highest BCUT2D eigenvalue weighted by Gasteiger charge is 2.06. The minimum atomic E-state index is 1.04. The van der Waals surface area contributed by atoms with Gasteiger partial charge in [0.25, 0.3) is 0 Å². The second kappa shape index (κ2) is 3.56. The number of halogens is 1. The molecule has 2 aromatic carbocycles. The Kier molecular flexibility index (Phi) is 2.18. The normalized spacial score (nSPS) is 11.1. The fourth-order valence-corrected chi connectivity index (χ4v) is 2.56. The molecule has 0 bridgehead atoms. The molecule has 0 amide bonds. The third kappa shape index (κ3) is 1.34. The summed E-state index contributed by atoms with van der Waals surface area (Å²) in [5.41, 5.74) is 2.12. The topological polar surface area (TPSA) is 12.9 Å². The molecule has 0 radical (unpaired) electrons. The molecule has 0 aliphatic heterocycles. The molecule has 3 aromatic rings. The van der Waals surface area contributed by atoms with Crippen LogP contribution in [0.15, 0.2) is 46.9 Å². The quantitative estimate of drug-likeness (QED) is 0.550. The molecular weight excluding hydrogens is 262 g/mol. The van der Waals surface area contributed by atoms with Gasteiger partial charge in [-0.1, -0.05) is 36.4 Å². The smallest absolute Gasteiger partial charge is 0.0853 e. The van der Waals surface area contributed by atoms with Gasteiger partial charge in [-0.2, -0.15) is 0 Å².